The van der Waals surface area contributed by atoms with Crippen LogP contribution in [-0.2, 0) is 21.1 Å². The second kappa shape index (κ2) is 8.71. The quantitative estimate of drug-likeness (QED) is 0.712. The lowest BCUT2D eigenvalue weighted by atomic mass is 10.1. The van der Waals surface area contributed by atoms with Gasteiger partial charge in [0.1, 0.15) is 0 Å². The number of carbonyl (C=O) groups excluding carboxylic acids is 1. The van der Waals surface area contributed by atoms with E-state index in [2.05, 4.69) is 10.3 Å². The van der Waals surface area contributed by atoms with E-state index < -0.39 is 9.84 Å². The maximum Gasteiger partial charge on any atom is 0.227 e. The van der Waals surface area contributed by atoms with Crippen molar-refractivity contribution in [3.8, 4) is 0 Å². The van der Waals surface area contributed by atoms with Gasteiger partial charge >= 0.3 is 0 Å². The summed E-state index contributed by atoms with van der Waals surface area (Å²) in [4.78, 5) is 17.3. The van der Waals surface area contributed by atoms with Crippen LogP contribution in [0.4, 0.5) is 5.13 Å². The summed E-state index contributed by atoms with van der Waals surface area (Å²) in [5.74, 6) is -0.403. The molecule has 0 bridgehead atoms. The molecule has 1 amide bonds. The van der Waals surface area contributed by atoms with Crippen molar-refractivity contribution in [2.75, 3.05) is 11.1 Å². The molecule has 0 saturated heterocycles. The molecule has 1 saturated carbocycles. The number of nitrogens with one attached hydrogen (secondary N) is 1. The highest BCUT2D eigenvalue weighted by atomic mass is 35.5. The van der Waals surface area contributed by atoms with E-state index in [9.17, 15) is 13.2 Å². The summed E-state index contributed by atoms with van der Waals surface area (Å²) in [6, 6.07) is 5.93. The van der Waals surface area contributed by atoms with Crippen LogP contribution in [0.25, 0.3) is 0 Å². The Balaban J connectivity index is 1.52. The van der Waals surface area contributed by atoms with Crippen molar-refractivity contribution in [2.45, 2.75) is 50.7 Å². The Morgan fingerprint density at radius 1 is 1.33 bits per heavy atom. The molecule has 0 radical (unpaired) electrons. The fourth-order valence-corrected chi connectivity index (χ4v) is 6.15. The maximum absolute atomic E-state index is 12.2. The first-order chi connectivity index (χ1) is 12.8. The van der Waals surface area contributed by atoms with Crippen LogP contribution in [0.15, 0.2) is 24.4 Å². The van der Waals surface area contributed by atoms with Gasteiger partial charge in [-0.2, -0.15) is 0 Å². The molecule has 146 valence electrons. The number of sulfone groups is 1. The Bertz CT molecular complexity index is 919. The Labute approximate surface area is 169 Å². The molecule has 1 aliphatic rings. The summed E-state index contributed by atoms with van der Waals surface area (Å²) in [6.07, 6.45) is 5.76. The topological polar surface area (TPSA) is 76.1 Å². The highest BCUT2D eigenvalue weighted by Crippen LogP contribution is 2.26. The number of carbonyl (C=O) groups is 1. The van der Waals surface area contributed by atoms with E-state index in [-0.39, 0.29) is 23.3 Å². The number of aryl methyl sites for hydroxylation is 1. The number of anilines is 1. The van der Waals surface area contributed by atoms with Crippen LogP contribution in [0.1, 0.15) is 48.1 Å². The highest BCUT2D eigenvalue weighted by molar-refractivity contribution is 7.92. The van der Waals surface area contributed by atoms with Crippen LogP contribution >= 0.6 is 22.9 Å². The van der Waals surface area contributed by atoms with Crippen LogP contribution in [-0.4, -0.2) is 30.3 Å². The standard InChI is InChI=1S/C19H23ClN2O3S2/c1-13-6-7-14(11-17(13)20)10-15-12-21-19(26-15)22-18(23)8-9-27(24,25)16-4-2-3-5-16/h6-7,11-12,16H,2-5,8-10H2,1H3,(H,21,22,23). The molecule has 0 spiro atoms. The van der Waals surface area contributed by atoms with Gasteiger partial charge in [0.05, 0.1) is 11.0 Å². The minimum Gasteiger partial charge on any atom is -0.302 e. The summed E-state index contributed by atoms with van der Waals surface area (Å²) >= 11 is 7.54. The summed E-state index contributed by atoms with van der Waals surface area (Å²) in [5, 5.41) is 3.67. The average Bonchev–Trinajstić information content (AvgIpc) is 3.29. The molecule has 0 unspecified atom stereocenters. The number of hydrogen-bond donors (Lipinski definition) is 1. The molecule has 1 heterocycles. The fourth-order valence-electron chi connectivity index (χ4n) is 3.23. The van der Waals surface area contributed by atoms with E-state index in [1.807, 2.05) is 25.1 Å². The zero-order valence-electron chi connectivity index (χ0n) is 15.2. The van der Waals surface area contributed by atoms with Gasteiger partial charge in [0.2, 0.25) is 5.91 Å². The first kappa shape index (κ1) is 20.3. The summed E-state index contributed by atoms with van der Waals surface area (Å²) in [7, 11) is -3.18. The van der Waals surface area contributed by atoms with Gasteiger partial charge in [-0.25, -0.2) is 13.4 Å². The minimum absolute atomic E-state index is 0.0265. The van der Waals surface area contributed by atoms with Gasteiger partial charge in [0.25, 0.3) is 0 Å². The third-order valence-corrected chi connectivity index (χ3v) is 8.42. The van der Waals surface area contributed by atoms with Crippen molar-refractivity contribution in [1.82, 2.24) is 4.98 Å². The predicted molar refractivity (Wildman–Crippen MR) is 110 cm³/mol. The number of benzene rings is 1. The number of hydrogen-bond acceptors (Lipinski definition) is 5. The zero-order chi connectivity index (χ0) is 19.4. The van der Waals surface area contributed by atoms with Crippen LogP contribution in [0, 0.1) is 6.92 Å². The molecule has 0 atom stereocenters. The summed E-state index contributed by atoms with van der Waals surface area (Å²) in [5.41, 5.74) is 2.11. The van der Waals surface area contributed by atoms with E-state index >= 15 is 0 Å². The number of amides is 1. The van der Waals surface area contributed by atoms with Gasteiger partial charge in [-0.3, -0.25) is 4.79 Å². The molecule has 5 nitrogen and oxygen atoms in total. The smallest absolute Gasteiger partial charge is 0.227 e. The largest absolute Gasteiger partial charge is 0.302 e. The van der Waals surface area contributed by atoms with Gasteiger partial charge in [0, 0.05) is 28.9 Å². The SMILES string of the molecule is Cc1ccc(Cc2cnc(NC(=O)CCS(=O)(=O)C3CCCC3)s2)cc1Cl. The van der Waals surface area contributed by atoms with Crippen molar-refractivity contribution < 1.29 is 13.2 Å². The Morgan fingerprint density at radius 2 is 2.07 bits per heavy atom. The van der Waals surface area contributed by atoms with Crippen molar-refractivity contribution >= 4 is 43.8 Å². The normalized spacial score (nSPS) is 15.2. The molecule has 1 aromatic heterocycles. The number of halogens is 1. The van der Waals surface area contributed by atoms with E-state index in [0.717, 1.165) is 46.7 Å². The first-order valence-corrected chi connectivity index (χ1v) is 12.0. The molecular formula is C19H23ClN2O3S2. The molecular weight excluding hydrogens is 404 g/mol. The number of rotatable bonds is 7. The third-order valence-electron chi connectivity index (χ3n) is 4.84. The van der Waals surface area contributed by atoms with Crippen LogP contribution in [0.5, 0.6) is 0 Å². The molecule has 1 aliphatic carbocycles. The van der Waals surface area contributed by atoms with Crippen molar-refractivity contribution in [2.24, 2.45) is 0 Å². The van der Waals surface area contributed by atoms with Crippen molar-refractivity contribution in [3.05, 3.63) is 45.4 Å². The lowest BCUT2D eigenvalue weighted by Gasteiger charge is -2.10. The van der Waals surface area contributed by atoms with Crippen LogP contribution < -0.4 is 5.32 Å². The molecule has 8 heteroatoms. The van der Waals surface area contributed by atoms with E-state index in [4.69, 9.17) is 11.6 Å². The molecule has 1 N–H and O–H groups in total. The molecule has 0 aliphatic heterocycles. The lowest BCUT2D eigenvalue weighted by molar-refractivity contribution is -0.115. The second-order valence-electron chi connectivity index (χ2n) is 6.96. The van der Waals surface area contributed by atoms with Gasteiger partial charge in [0.15, 0.2) is 15.0 Å². The molecule has 1 fully saturated rings. The molecule has 3 rings (SSSR count). The number of nitrogens with zero attached hydrogens (tertiary/aromatic N) is 1. The first-order valence-electron chi connectivity index (χ1n) is 9.04. The van der Waals surface area contributed by atoms with Gasteiger partial charge in [-0.05, 0) is 37.0 Å². The lowest BCUT2D eigenvalue weighted by Crippen LogP contribution is -2.24. The average molecular weight is 427 g/mol. The zero-order valence-corrected chi connectivity index (χ0v) is 17.6. The van der Waals surface area contributed by atoms with E-state index in [0.29, 0.717) is 11.6 Å². The van der Waals surface area contributed by atoms with Crippen LogP contribution in [0.3, 0.4) is 0 Å². The van der Waals surface area contributed by atoms with Crippen LogP contribution in [0.2, 0.25) is 5.02 Å². The number of thiazole rings is 1. The second-order valence-corrected chi connectivity index (χ2v) is 10.9. The Morgan fingerprint density at radius 3 is 2.78 bits per heavy atom. The monoisotopic (exact) mass is 426 g/mol. The summed E-state index contributed by atoms with van der Waals surface area (Å²) < 4.78 is 24.5. The van der Waals surface area contributed by atoms with Gasteiger partial charge in [-0.1, -0.05) is 36.6 Å². The Hall–Kier alpha value is -1.44. The van der Waals surface area contributed by atoms with Crippen molar-refractivity contribution in [1.29, 1.82) is 0 Å². The molecule has 2 aromatic rings. The van der Waals surface area contributed by atoms with E-state index in [1.54, 1.807) is 6.20 Å². The van der Waals surface area contributed by atoms with Gasteiger partial charge < -0.3 is 5.32 Å². The molecule has 27 heavy (non-hydrogen) atoms. The minimum atomic E-state index is -3.18. The number of aromatic nitrogens is 1. The van der Waals surface area contributed by atoms with Crippen molar-refractivity contribution in [3.63, 3.8) is 0 Å². The predicted octanol–water partition coefficient (Wildman–Crippen LogP) is 4.38. The molecule has 1 aromatic carbocycles. The summed E-state index contributed by atoms with van der Waals surface area (Å²) in [6.45, 7) is 1.96. The fraction of sp³-hybridized carbons (Fsp3) is 0.474. The highest BCUT2D eigenvalue weighted by Gasteiger charge is 2.28. The van der Waals surface area contributed by atoms with E-state index in [1.165, 1.54) is 11.3 Å². The third kappa shape index (κ3) is 5.53. The maximum atomic E-state index is 12.2. The Kier molecular flexibility index (Phi) is 6.55. The van der Waals surface area contributed by atoms with Gasteiger partial charge in [-0.15, -0.1) is 11.3 Å².